The van der Waals surface area contributed by atoms with Crippen LogP contribution in [-0.2, 0) is 6.18 Å². The molecule has 3 nitrogen and oxygen atoms in total. The van der Waals surface area contributed by atoms with E-state index in [1.54, 1.807) is 6.07 Å². The van der Waals surface area contributed by atoms with E-state index in [1.807, 2.05) is 24.3 Å². The average molecular weight is 304 g/mol. The van der Waals surface area contributed by atoms with Gasteiger partial charge in [0.1, 0.15) is 5.69 Å². The summed E-state index contributed by atoms with van der Waals surface area (Å²) in [5.41, 5.74) is 0.717. The van der Waals surface area contributed by atoms with Crippen molar-refractivity contribution in [1.82, 2.24) is 4.98 Å². The Bertz CT molecular complexity index is 786. The lowest BCUT2D eigenvalue weighted by atomic mass is 10.2. The van der Waals surface area contributed by atoms with Crippen LogP contribution in [0.25, 0.3) is 10.9 Å². The first kappa shape index (κ1) is 14.2. The number of halogens is 3. The molecule has 0 aliphatic carbocycles. The Hall–Kier alpha value is -2.76. The largest absolute Gasteiger partial charge is 0.416 e. The topological polar surface area (TPSA) is 44.9 Å². The number of carbonyl (C=O) groups excluding carboxylic acids is 1. The number of amides is 1. The van der Waals surface area contributed by atoms with Crippen LogP contribution in [0.4, 0.5) is 18.9 Å². The molecule has 0 fully saturated rings. The predicted octanol–water partition coefficient (Wildman–Crippen LogP) is 4.44. The molecule has 3 rings (SSSR count). The highest BCUT2D eigenvalue weighted by atomic mass is 19.4. The van der Waals surface area contributed by atoms with Gasteiger partial charge in [-0.05, 0) is 36.4 Å². The highest BCUT2D eigenvalue weighted by Crippen LogP contribution is 2.29. The van der Waals surface area contributed by atoms with E-state index in [0.29, 0.717) is 11.4 Å². The van der Waals surface area contributed by atoms with E-state index in [1.165, 1.54) is 12.1 Å². The molecule has 1 heterocycles. The van der Waals surface area contributed by atoms with Gasteiger partial charge in [0.25, 0.3) is 5.91 Å². The van der Waals surface area contributed by atoms with Gasteiger partial charge in [0.2, 0.25) is 0 Å². The van der Waals surface area contributed by atoms with Gasteiger partial charge in [0.05, 0.1) is 5.56 Å². The highest BCUT2D eigenvalue weighted by Gasteiger charge is 2.30. The molecule has 0 radical (unpaired) electrons. The summed E-state index contributed by atoms with van der Waals surface area (Å²) in [6, 6.07) is 13.4. The molecule has 0 aliphatic heterocycles. The minimum Gasteiger partial charge on any atom is -0.351 e. The monoisotopic (exact) mass is 304 g/mol. The van der Waals surface area contributed by atoms with Crippen LogP contribution in [0.2, 0.25) is 0 Å². The molecule has 0 unspecified atom stereocenters. The molecule has 0 saturated carbocycles. The minimum absolute atomic E-state index is 0.302. The number of nitrogens with one attached hydrogen (secondary N) is 2. The van der Waals surface area contributed by atoms with Gasteiger partial charge < -0.3 is 10.3 Å². The Balaban J connectivity index is 1.79. The second-order valence-electron chi connectivity index (χ2n) is 4.80. The highest BCUT2D eigenvalue weighted by molar-refractivity contribution is 6.05. The number of aromatic nitrogens is 1. The molecule has 2 aromatic carbocycles. The first-order chi connectivity index (χ1) is 10.4. The van der Waals surface area contributed by atoms with E-state index in [4.69, 9.17) is 0 Å². The quantitative estimate of drug-likeness (QED) is 0.722. The van der Waals surface area contributed by atoms with Crippen LogP contribution in [0, 0.1) is 0 Å². The first-order valence-electron chi connectivity index (χ1n) is 6.50. The summed E-state index contributed by atoms with van der Waals surface area (Å²) in [5.74, 6) is -0.407. The fraction of sp³-hybridized carbons (Fsp3) is 0.0625. The van der Waals surface area contributed by atoms with Crippen molar-refractivity contribution < 1.29 is 18.0 Å². The van der Waals surface area contributed by atoms with Crippen molar-refractivity contribution in [2.75, 3.05) is 5.32 Å². The number of fused-ring (bicyclic) bond motifs is 1. The zero-order valence-electron chi connectivity index (χ0n) is 11.2. The maximum Gasteiger partial charge on any atom is 0.416 e. The van der Waals surface area contributed by atoms with Crippen LogP contribution in [0.1, 0.15) is 16.1 Å². The van der Waals surface area contributed by atoms with Crippen molar-refractivity contribution in [1.29, 1.82) is 0 Å². The summed E-state index contributed by atoms with van der Waals surface area (Å²) < 4.78 is 37.4. The molecule has 1 aromatic heterocycles. The van der Waals surface area contributed by atoms with Gasteiger partial charge in [-0.25, -0.2) is 0 Å². The van der Waals surface area contributed by atoms with Crippen molar-refractivity contribution >= 4 is 22.5 Å². The van der Waals surface area contributed by atoms with Gasteiger partial charge in [-0.1, -0.05) is 18.2 Å². The molecule has 3 aromatic rings. The number of anilines is 1. The average Bonchev–Trinajstić information content (AvgIpc) is 2.91. The maximum absolute atomic E-state index is 12.5. The van der Waals surface area contributed by atoms with E-state index in [-0.39, 0.29) is 0 Å². The SMILES string of the molecule is O=C(Nc1ccc(C(F)(F)F)cc1)c1cc2ccccc2[nH]1. The number of rotatable bonds is 2. The zero-order chi connectivity index (χ0) is 15.7. The van der Waals surface area contributed by atoms with Crippen LogP contribution in [0.5, 0.6) is 0 Å². The van der Waals surface area contributed by atoms with Crippen LogP contribution in [0.3, 0.4) is 0 Å². The molecule has 22 heavy (non-hydrogen) atoms. The summed E-state index contributed by atoms with van der Waals surface area (Å²) in [7, 11) is 0. The molecule has 0 saturated heterocycles. The van der Waals surface area contributed by atoms with Gasteiger partial charge in [0.15, 0.2) is 0 Å². The second-order valence-corrected chi connectivity index (χ2v) is 4.80. The Morgan fingerprint density at radius 1 is 1.00 bits per heavy atom. The number of hydrogen-bond acceptors (Lipinski definition) is 1. The first-order valence-corrected chi connectivity index (χ1v) is 6.50. The van der Waals surface area contributed by atoms with Crippen molar-refractivity contribution in [2.24, 2.45) is 0 Å². The lowest BCUT2D eigenvalue weighted by molar-refractivity contribution is -0.137. The number of para-hydroxylation sites is 1. The number of carbonyl (C=O) groups is 1. The second kappa shape index (κ2) is 5.22. The normalized spacial score (nSPS) is 11.6. The zero-order valence-corrected chi connectivity index (χ0v) is 11.2. The molecule has 0 spiro atoms. The number of H-pyrrole nitrogens is 1. The molecule has 112 valence electrons. The van der Waals surface area contributed by atoms with Gasteiger partial charge in [-0.2, -0.15) is 13.2 Å². The van der Waals surface area contributed by atoms with Gasteiger partial charge in [-0.15, -0.1) is 0 Å². The molecule has 0 aliphatic rings. The van der Waals surface area contributed by atoms with Crippen molar-refractivity contribution in [3.63, 3.8) is 0 Å². The van der Waals surface area contributed by atoms with E-state index >= 15 is 0 Å². The van der Waals surface area contributed by atoms with Crippen LogP contribution < -0.4 is 5.32 Å². The smallest absolute Gasteiger partial charge is 0.351 e. The number of alkyl halides is 3. The van der Waals surface area contributed by atoms with E-state index in [0.717, 1.165) is 23.0 Å². The molecule has 2 N–H and O–H groups in total. The number of aromatic amines is 1. The summed E-state index contributed by atoms with van der Waals surface area (Å²) in [6.45, 7) is 0. The van der Waals surface area contributed by atoms with Gasteiger partial charge in [-0.3, -0.25) is 4.79 Å². The third-order valence-corrected chi connectivity index (χ3v) is 3.24. The Morgan fingerprint density at radius 2 is 1.68 bits per heavy atom. The molecule has 0 bridgehead atoms. The maximum atomic E-state index is 12.5. The van der Waals surface area contributed by atoms with Crippen molar-refractivity contribution in [3.8, 4) is 0 Å². The van der Waals surface area contributed by atoms with Crippen LogP contribution in [0.15, 0.2) is 54.6 Å². The van der Waals surface area contributed by atoms with E-state index in [9.17, 15) is 18.0 Å². The fourth-order valence-corrected chi connectivity index (χ4v) is 2.14. The Labute approximate surface area is 123 Å². The third kappa shape index (κ3) is 2.81. The summed E-state index contributed by atoms with van der Waals surface area (Å²) in [6.07, 6.45) is -4.39. The number of benzene rings is 2. The summed E-state index contributed by atoms with van der Waals surface area (Å²) >= 11 is 0. The lowest BCUT2D eigenvalue weighted by Gasteiger charge is -2.08. The molecular weight excluding hydrogens is 293 g/mol. The van der Waals surface area contributed by atoms with Crippen molar-refractivity contribution in [3.05, 3.63) is 65.9 Å². The van der Waals surface area contributed by atoms with Crippen LogP contribution >= 0.6 is 0 Å². The Morgan fingerprint density at radius 3 is 2.32 bits per heavy atom. The molecule has 0 atom stereocenters. The fourth-order valence-electron chi connectivity index (χ4n) is 2.14. The standard InChI is InChI=1S/C16H11F3N2O/c17-16(18,19)11-5-7-12(8-6-11)20-15(22)14-9-10-3-1-2-4-13(10)21-14/h1-9,21H,(H,20,22). The van der Waals surface area contributed by atoms with Crippen LogP contribution in [-0.4, -0.2) is 10.9 Å². The van der Waals surface area contributed by atoms with E-state index in [2.05, 4.69) is 10.3 Å². The van der Waals surface area contributed by atoms with Gasteiger partial charge >= 0.3 is 6.18 Å². The molecular formula is C16H11F3N2O. The minimum atomic E-state index is -4.39. The van der Waals surface area contributed by atoms with E-state index < -0.39 is 17.6 Å². The summed E-state index contributed by atoms with van der Waals surface area (Å²) in [5, 5.41) is 3.45. The lowest BCUT2D eigenvalue weighted by Crippen LogP contribution is -2.12. The molecule has 1 amide bonds. The summed E-state index contributed by atoms with van der Waals surface area (Å²) in [4.78, 5) is 15.1. The predicted molar refractivity (Wildman–Crippen MR) is 77.7 cm³/mol. The van der Waals surface area contributed by atoms with Crippen molar-refractivity contribution in [2.45, 2.75) is 6.18 Å². The molecule has 6 heteroatoms. The number of hydrogen-bond donors (Lipinski definition) is 2. The Kier molecular flexibility index (Phi) is 3.36. The third-order valence-electron chi connectivity index (χ3n) is 3.24. The van der Waals surface area contributed by atoms with Gasteiger partial charge in [0, 0.05) is 16.6 Å².